The molecule has 0 saturated carbocycles. The molecule has 0 amide bonds. The summed E-state index contributed by atoms with van der Waals surface area (Å²) >= 11 is 14.8. The van der Waals surface area contributed by atoms with E-state index in [9.17, 15) is 20.2 Å². The lowest BCUT2D eigenvalue weighted by atomic mass is 9.73. The summed E-state index contributed by atoms with van der Waals surface area (Å²) in [6.45, 7) is 16.1. The number of rotatable bonds is 6. The van der Waals surface area contributed by atoms with Gasteiger partial charge < -0.3 is 20.8 Å². The smallest absolute Gasteiger partial charge is 0.399 e. The molecule has 3 heterocycles. The maximum Gasteiger partial charge on any atom is 0.495 e. The lowest BCUT2D eigenvalue weighted by molar-refractivity contribution is -0.384. The Bertz CT molecular complexity index is 2960. The maximum atomic E-state index is 11.4. The minimum atomic E-state index is -0.516. The molecule has 1 fully saturated rings. The van der Waals surface area contributed by atoms with Gasteiger partial charge in [0, 0.05) is 42.0 Å². The zero-order valence-corrected chi connectivity index (χ0v) is 38.9. The molecule has 2 aromatic heterocycles. The van der Waals surface area contributed by atoms with Gasteiger partial charge in [-0.25, -0.2) is 19.9 Å². The van der Waals surface area contributed by atoms with E-state index in [1.807, 2.05) is 44.2 Å². The second-order valence-electron chi connectivity index (χ2n) is 15.6. The van der Waals surface area contributed by atoms with Crippen LogP contribution in [0.15, 0.2) is 65.2 Å². The van der Waals surface area contributed by atoms with Crippen LogP contribution in [0.5, 0.6) is 0 Å². The summed E-state index contributed by atoms with van der Waals surface area (Å²) in [5.41, 5.74) is 19.9. The molecule has 4 N–H and O–H groups in total. The van der Waals surface area contributed by atoms with Crippen LogP contribution in [-0.2, 0) is 9.31 Å². The van der Waals surface area contributed by atoms with E-state index in [-0.39, 0.29) is 51.9 Å². The highest BCUT2D eigenvalue weighted by atomic mass is 79.9. The molecular weight excluding hydrogens is 926 g/mol. The number of nitrogens with zero attached hydrogens (tertiary/aromatic N) is 8. The summed E-state index contributed by atoms with van der Waals surface area (Å²) in [4.78, 5) is 36.9. The van der Waals surface area contributed by atoms with E-state index in [0.29, 0.717) is 31.8 Å². The molecule has 64 heavy (non-hydrogen) atoms. The number of hydrogen-bond acceptors (Lipinski definition) is 14. The number of benzene rings is 4. The van der Waals surface area contributed by atoms with E-state index in [1.54, 1.807) is 6.08 Å². The fraction of sp³-hybridized carbons (Fsp3) is 0.227. The van der Waals surface area contributed by atoms with Gasteiger partial charge in [-0.3, -0.25) is 20.2 Å². The number of halogens is 3. The molecule has 1 saturated heterocycles. The highest BCUT2D eigenvalue weighted by molar-refractivity contribution is 9.10. The van der Waals surface area contributed by atoms with Crippen molar-refractivity contribution in [3.8, 4) is 23.3 Å². The van der Waals surface area contributed by atoms with Crippen molar-refractivity contribution in [3.05, 3.63) is 129 Å². The molecule has 0 radical (unpaired) electrons. The van der Waals surface area contributed by atoms with Crippen molar-refractivity contribution in [1.29, 1.82) is 10.5 Å². The van der Waals surface area contributed by atoms with Crippen LogP contribution in [0.2, 0.25) is 10.6 Å². The van der Waals surface area contributed by atoms with Crippen molar-refractivity contribution in [2.45, 2.75) is 66.6 Å². The Hall–Kier alpha value is -6.54. The first-order chi connectivity index (χ1) is 30.0. The van der Waals surface area contributed by atoms with E-state index in [2.05, 4.69) is 89.5 Å². The standard InChI is InChI=1S/C19H14ClN5O2.C17H22BNO2.C8H4BrClN4O2/c1-10-6-12(4-3-5-21)7-11(2)16(10)14-8-13(25(26)27)9-15-17(14)23-19(20)24-18(15)22;1-12-10-14(8-7-9-19)11-13(2)15(12)18-20-16(3,4)17(5,6)21-18;9-5-2-3(14(15)16)1-4-6(5)12-8(10)13-7(4)11/h3-4,6-9H,1-2H3,(H2,22,23,24);7-8,10-11H,1-6H3;1-2H,(H2,11,12,13)/b4-3+;8-7+;. The quantitative estimate of drug-likeness (QED) is 0.0518. The largest absolute Gasteiger partial charge is 0.495 e. The Kier molecular flexibility index (Phi) is 14.8. The van der Waals surface area contributed by atoms with E-state index in [0.717, 1.165) is 44.4 Å². The summed E-state index contributed by atoms with van der Waals surface area (Å²) in [6, 6.07) is 17.3. The topological polar surface area (TPSA) is 256 Å². The van der Waals surface area contributed by atoms with Crippen LogP contribution in [0, 0.1) is 70.6 Å². The van der Waals surface area contributed by atoms with Crippen molar-refractivity contribution in [3.63, 3.8) is 0 Å². The van der Waals surface area contributed by atoms with Gasteiger partial charge in [-0.2, -0.15) is 10.5 Å². The van der Waals surface area contributed by atoms with Crippen LogP contribution >= 0.6 is 39.1 Å². The van der Waals surface area contributed by atoms with Crippen LogP contribution < -0.4 is 16.9 Å². The van der Waals surface area contributed by atoms with Gasteiger partial charge in [0.25, 0.3) is 11.4 Å². The van der Waals surface area contributed by atoms with Gasteiger partial charge in [-0.15, -0.1) is 0 Å². The first kappa shape index (κ1) is 48.5. The van der Waals surface area contributed by atoms with Crippen LogP contribution in [-0.4, -0.2) is 48.1 Å². The highest BCUT2D eigenvalue weighted by Gasteiger charge is 2.52. The Morgan fingerprint density at radius 2 is 1.09 bits per heavy atom. The molecule has 6 aromatic rings. The Morgan fingerprint density at radius 3 is 1.53 bits per heavy atom. The van der Waals surface area contributed by atoms with E-state index >= 15 is 0 Å². The number of aryl methyl sites for hydroxylation is 4. The molecular formula is C44H40BBrCl2N10O6. The van der Waals surface area contributed by atoms with Gasteiger partial charge >= 0.3 is 7.12 Å². The second-order valence-corrected chi connectivity index (χ2v) is 17.1. The van der Waals surface area contributed by atoms with E-state index in [4.69, 9.17) is 54.5 Å². The van der Waals surface area contributed by atoms with Gasteiger partial charge in [-0.1, -0.05) is 35.4 Å². The lowest BCUT2D eigenvalue weighted by Gasteiger charge is -2.32. The first-order valence-corrected chi connectivity index (χ1v) is 20.7. The number of aromatic nitrogens is 4. The number of fused-ring (bicyclic) bond motifs is 2. The zero-order valence-electron chi connectivity index (χ0n) is 35.8. The predicted molar refractivity (Wildman–Crippen MR) is 255 cm³/mol. The normalized spacial score (nSPS) is 13.9. The molecule has 7 rings (SSSR count). The number of allylic oxidation sites excluding steroid dienone is 2. The molecule has 1 aliphatic rings. The number of anilines is 2. The summed E-state index contributed by atoms with van der Waals surface area (Å²) < 4.78 is 12.7. The highest BCUT2D eigenvalue weighted by Crippen LogP contribution is 2.39. The molecule has 1 aliphatic heterocycles. The Labute approximate surface area is 387 Å². The van der Waals surface area contributed by atoms with Gasteiger partial charge in [-0.05, 0) is 140 Å². The summed E-state index contributed by atoms with van der Waals surface area (Å²) in [7, 11) is -0.344. The third-order valence-corrected chi connectivity index (χ3v) is 11.5. The first-order valence-electron chi connectivity index (χ1n) is 19.2. The van der Waals surface area contributed by atoms with Crippen LogP contribution in [0.4, 0.5) is 23.0 Å². The third-order valence-electron chi connectivity index (χ3n) is 10.6. The molecule has 20 heteroatoms. The van der Waals surface area contributed by atoms with Gasteiger partial charge in [0.2, 0.25) is 10.6 Å². The Morgan fingerprint density at radius 1 is 0.688 bits per heavy atom. The van der Waals surface area contributed by atoms with E-state index in [1.165, 1.54) is 36.4 Å². The summed E-state index contributed by atoms with van der Waals surface area (Å²) in [5.74, 6) is 0.193. The van der Waals surface area contributed by atoms with E-state index < -0.39 is 9.85 Å². The number of nitro benzene ring substituents is 2. The number of nitrogens with two attached hydrogens (primary N) is 2. The number of nitrogen functional groups attached to an aromatic ring is 2. The Balaban J connectivity index is 0.000000187. The van der Waals surface area contributed by atoms with Crippen molar-refractivity contribution < 1.29 is 19.2 Å². The number of nitro groups is 2. The molecule has 326 valence electrons. The molecule has 0 aliphatic carbocycles. The van der Waals surface area contributed by atoms with Crippen molar-refractivity contribution in [2.75, 3.05) is 11.5 Å². The molecule has 0 atom stereocenters. The fourth-order valence-corrected chi connectivity index (χ4v) is 7.89. The van der Waals surface area contributed by atoms with Crippen LogP contribution in [0.1, 0.15) is 61.1 Å². The van der Waals surface area contributed by atoms with Gasteiger partial charge in [0.1, 0.15) is 11.6 Å². The zero-order chi connectivity index (χ0) is 47.4. The summed E-state index contributed by atoms with van der Waals surface area (Å²) in [5, 5.41) is 40.1. The van der Waals surface area contributed by atoms with Gasteiger partial charge in [0.15, 0.2) is 0 Å². The minimum absolute atomic E-state index is 0.000414. The second kappa shape index (κ2) is 19.5. The average molecular weight is 966 g/mol. The van der Waals surface area contributed by atoms with Crippen molar-refractivity contribution in [2.24, 2.45) is 0 Å². The molecule has 16 nitrogen and oxygen atoms in total. The third kappa shape index (κ3) is 10.6. The monoisotopic (exact) mass is 964 g/mol. The average Bonchev–Trinajstić information content (AvgIpc) is 3.41. The van der Waals surface area contributed by atoms with Crippen molar-refractivity contribution in [1.82, 2.24) is 19.9 Å². The van der Waals surface area contributed by atoms with Gasteiger partial charge in [0.05, 0.1) is 59.5 Å². The molecule has 0 spiro atoms. The molecule has 0 unspecified atom stereocenters. The van der Waals surface area contributed by atoms with Crippen LogP contribution in [0.3, 0.4) is 0 Å². The molecule has 0 bridgehead atoms. The van der Waals surface area contributed by atoms with Crippen LogP contribution in [0.25, 0.3) is 45.1 Å². The number of nitriles is 2. The predicted octanol–water partition coefficient (Wildman–Crippen LogP) is 10.3. The van der Waals surface area contributed by atoms with Crippen molar-refractivity contribution >= 4 is 109 Å². The lowest BCUT2D eigenvalue weighted by Crippen LogP contribution is -2.41. The summed E-state index contributed by atoms with van der Waals surface area (Å²) in [6.07, 6.45) is 6.40. The number of non-ortho nitro benzene ring substituents is 2. The number of hydrogen-bond donors (Lipinski definition) is 2. The molecule has 4 aromatic carbocycles. The fourth-order valence-electron chi connectivity index (χ4n) is 7.01. The SMILES string of the molecule is Cc1cc(/C=C/C#N)cc(C)c1-c1cc([N+](=O)[O-])cc2c(N)nc(Cl)nc12.Cc1cc(/C=C/C#N)cc(C)c1B1OC(C)(C)C(C)(C)O1.Nc1nc(Cl)nc2c(Br)cc([N+](=O)[O-])cc12. The maximum absolute atomic E-state index is 11.4. The minimum Gasteiger partial charge on any atom is -0.399 e.